The zero-order valence-corrected chi connectivity index (χ0v) is 13.1. The average molecular weight is 292 g/mol. The quantitative estimate of drug-likeness (QED) is 0.893. The van der Waals surface area contributed by atoms with Gasteiger partial charge in [0.2, 0.25) is 0 Å². The summed E-state index contributed by atoms with van der Waals surface area (Å²) in [5.74, 6) is 0. The Kier molecular flexibility index (Phi) is 4.73. The third kappa shape index (κ3) is 4.93. The molecule has 1 aromatic carbocycles. The molecule has 5 heteroatoms. The molecule has 5 nitrogen and oxygen atoms in total. The molecule has 0 aromatic heterocycles. The number of amides is 1. The zero-order chi connectivity index (χ0) is 15.5. The van der Waals surface area contributed by atoms with E-state index in [0.29, 0.717) is 11.7 Å². The fourth-order valence-corrected chi connectivity index (χ4v) is 2.21. The number of hydrogen-bond donors (Lipinski definition) is 2. The first-order chi connectivity index (χ1) is 9.83. The van der Waals surface area contributed by atoms with E-state index in [1.807, 2.05) is 45.0 Å². The van der Waals surface area contributed by atoms with E-state index in [9.17, 15) is 4.79 Å². The molecule has 1 fully saturated rings. The van der Waals surface area contributed by atoms with Crippen molar-refractivity contribution < 1.29 is 14.3 Å². The largest absolute Gasteiger partial charge is 0.444 e. The smallest absolute Gasteiger partial charge is 0.412 e. The summed E-state index contributed by atoms with van der Waals surface area (Å²) in [5.41, 5.74) is 1.24. The molecule has 0 aliphatic carbocycles. The van der Waals surface area contributed by atoms with Crippen molar-refractivity contribution in [2.75, 3.05) is 17.2 Å². The molecule has 2 unspecified atom stereocenters. The molecule has 1 aliphatic rings. The molecule has 1 amide bonds. The van der Waals surface area contributed by atoms with Crippen LogP contribution in [-0.2, 0) is 9.47 Å². The van der Waals surface area contributed by atoms with Crippen molar-refractivity contribution >= 4 is 17.5 Å². The Labute approximate surface area is 126 Å². The topological polar surface area (TPSA) is 59.6 Å². The molecule has 2 atom stereocenters. The van der Waals surface area contributed by atoms with Gasteiger partial charge >= 0.3 is 6.09 Å². The number of hydrogen-bond acceptors (Lipinski definition) is 4. The first kappa shape index (κ1) is 15.6. The molecule has 0 radical (unpaired) electrons. The van der Waals surface area contributed by atoms with Gasteiger partial charge in [-0.05, 0) is 58.4 Å². The maximum atomic E-state index is 11.7. The summed E-state index contributed by atoms with van der Waals surface area (Å²) in [7, 11) is 0. The predicted octanol–water partition coefficient (Wildman–Crippen LogP) is 3.62. The zero-order valence-electron chi connectivity index (χ0n) is 13.1. The Hall–Kier alpha value is -1.75. The number of ether oxygens (including phenoxy) is 2. The third-order valence-corrected chi connectivity index (χ3v) is 3.26. The lowest BCUT2D eigenvalue weighted by Crippen LogP contribution is -2.27. The van der Waals surface area contributed by atoms with E-state index in [0.717, 1.165) is 18.7 Å². The Morgan fingerprint density at radius 3 is 2.38 bits per heavy atom. The summed E-state index contributed by atoms with van der Waals surface area (Å²) in [6, 6.07) is 7.93. The molecule has 1 saturated heterocycles. The second-order valence-corrected chi connectivity index (χ2v) is 6.32. The van der Waals surface area contributed by atoms with Crippen LogP contribution in [0.1, 0.15) is 34.1 Å². The van der Waals surface area contributed by atoms with Crippen LogP contribution in [0.4, 0.5) is 16.2 Å². The monoisotopic (exact) mass is 292 g/mol. The Balaban J connectivity index is 1.88. The maximum Gasteiger partial charge on any atom is 0.412 e. The first-order valence-corrected chi connectivity index (χ1v) is 7.32. The highest BCUT2D eigenvalue weighted by Crippen LogP contribution is 2.20. The molecule has 0 spiro atoms. The Morgan fingerprint density at radius 1 is 1.24 bits per heavy atom. The van der Waals surface area contributed by atoms with Crippen LogP contribution in [0, 0.1) is 0 Å². The van der Waals surface area contributed by atoms with Crippen LogP contribution in [0.15, 0.2) is 24.3 Å². The molecule has 0 saturated carbocycles. The highest BCUT2D eigenvalue weighted by molar-refractivity contribution is 5.85. The molecule has 2 rings (SSSR count). The molecular formula is C16H24N2O3. The molecular weight excluding hydrogens is 268 g/mol. The number of carbonyl (C=O) groups is 1. The Bertz CT molecular complexity index is 479. The van der Waals surface area contributed by atoms with Gasteiger partial charge in [0.1, 0.15) is 5.60 Å². The molecule has 1 aliphatic heterocycles. The third-order valence-electron chi connectivity index (χ3n) is 3.26. The van der Waals surface area contributed by atoms with E-state index >= 15 is 0 Å². The summed E-state index contributed by atoms with van der Waals surface area (Å²) < 4.78 is 10.7. The predicted molar refractivity (Wildman–Crippen MR) is 83.7 cm³/mol. The van der Waals surface area contributed by atoms with Crippen molar-refractivity contribution in [2.45, 2.75) is 51.9 Å². The van der Waals surface area contributed by atoms with Gasteiger partial charge in [-0.25, -0.2) is 4.79 Å². The normalized spacial score (nSPS) is 21.9. The minimum Gasteiger partial charge on any atom is -0.444 e. The average Bonchev–Trinajstić information content (AvgIpc) is 2.75. The van der Waals surface area contributed by atoms with Crippen molar-refractivity contribution in [2.24, 2.45) is 0 Å². The van der Waals surface area contributed by atoms with E-state index in [2.05, 4.69) is 17.6 Å². The summed E-state index contributed by atoms with van der Waals surface area (Å²) in [5, 5.41) is 6.15. The van der Waals surface area contributed by atoms with Crippen molar-refractivity contribution in [3.8, 4) is 0 Å². The van der Waals surface area contributed by atoms with E-state index < -0.39 is 11.7 Å². The fraction of sp³-hybridized carbons (Fsp3) is 0.562. The van der Waals surface area contributed by atoms with E-state index in [-0.39, 0.29) is 6.10 Å². The molecule has 0 bridgehead atoms. The van der Waals surface area contributed by atoms with Gasteiger partial charge in [0.25, 0.3) is 0 Å². The van der Waals surface area contributed by atoms with Crippen LogP contribution in [0.2, 0.25) is 0 Å². The lowest BCUT2D eigenvalue weighted by Gasteiger charge is -2.20. The van der Waals surface area contributed by atoms with Gasteiger partial charge in [-0.15, -0.1) is 0 Å². The lowest BCUT2D eigenvalue weighted by molar-refractivity contribution is 0.0636. The van der Waals surface area contributed by atoms with Gasteiger partial charge in [-0.2, -0.15) is 0 Å². The van der Waals surface area contributed by atoms with Gasteiger partial charge in [0.05, 0.1) is 12.1 Å². The van der Waals surface area contributed by atoms with Crippen molar-refractivity contribution in [1.29, 1.82) is 0 Å². The van der Waals surface area contributed by atoms with Crippen LogP contribution >= 0.6 is 0 Å². The van der Waals surface area contributed by atoms with E-state index in [1.54, 1.807) is 0 Å². The molecule has 1 heterocycles. The highest BCUT2D eigenvalue weighted by Gasteiger charge is 2.23. The fourth-order valence-electron chi connectivity index (χ4n) is 2.21. The minimum atomic E-state index is -0.496. The second-order valence-electron chi connectivity index (χ2n) is 6.32. The molecule has 1 aromatic rings. The van der Waals surface area contributed by atoms with Crippen LogP contribution in [0.5, 0.6) is 0 Å². The standard InChI is InChI=1S/C16H24N2O3/c1-11-14(9-10-20-11)17-12-5-7-13(8-6-12)18-15(19)21-16(2,3)4/h5-8,11,14,17H,9-10H2,1-4H3,(H,18,19). The maximum absolute atomic E-state index is 11.7. The summed E-state index contributed by atoms with van der Waals surface area (Å²) in [4.78, 5) is 11.7. The van der Waals surface area contributed by atoms with Crippen LogP contribution in [0.3, 0.4) is 0 Å². The summed E-state index contributed by atoms with van der Waals surface area (Å²) >= 11 is 0. The van der Waals surface area contributed by atoms with Gasteiger partial charge in [-0.3, -0.25) is 5.32 Å². The van der Waals surface area contributed by atoms with Gasteiger partial charge in [0, 0.05) is 18.0 Å². The number of carbonyl (C=O) groups excluding carboxylic acids is 1. The van der Waals surface area contributed by atoms with E-state index in [1.165, 1.54) is 0 Å². The lowest BCUT2D eigenvalue weighted by atomic mass is 10.1. The van der Waals surface area contributed by atoms with Gasteiger partial charge in [0.15, 0.2) is 0 Å². The number of benzene rings is 1. The molecule has 116 valence electrons. The number of nitrogens with one attached hydrogen (secondary N) is 2. The Morgan fingerprint density at radius 2 is 1.86 bits per heavy atom. The summed E-state index contributed by atoms with van der Waals surface area (Å²) in [6.07, 6.45) is 0.796. The van der Waals surface area contributed by atoms with E-state index in [4.69, 9.17) is 9.47 Å². The molecule has 21 heavy (non-hydrogen) atoms. The van der Waals surface area contributed by atoms with Crippen molar-refractivity contribution in [1.82, 2.24) is 0 Å². The second kappa shape index (κ2) is 6.35. The van der Waals surface area contributed by atoms with Crippen molar-refractivity contribution in [3.63, 3.8) is 0 Å². The SMILES string of the molecule is CC1OCCC1Nc1ccc(NC(=O)OC(C)(C)C)cc1. The van der Waals surface area contributed by atoms with Gasteiger partial charge in [-0.1, -0.05) is 0 Å². The molecule has 2 N–H and O–H groups in total. The van der Waals surface area contributed by atoms with Crippen LogP contribution in [0.25, 0.3) is 0 Å². The van der Waals surface area contributed by atoms with Crippen LogP contribution in [-0.4, -0.2) is 30.4 Å². The summed E-state index contributed by atoms with van der Waals surface area (Å²) in [6.45, 7) is 8.39. The first-order valence-electron chi connectivity index (χ1n) is 7.32. The highest BCUT2D eigenvalue weighted by atomic mass is 16.6. The minimum absolute atomic E-state index is 0.226. The van der Waals surface area contributed by atoms with Crippen molar-refractivity contribution in [3.05, 3.63) is 24.3 Å². The van der Waals surface area contributed by atoms with Crippen LogP contribution < -0.4 is 10.6 Å². The number of anilines is 2. The number of rotatable bonds is 3. The van der Waals surface area contributed by atoms with Gasteiger partial charge < -0.3 is 14.8 Å².